The predicted octanol–water partition coefficient (Wildman–Crippen LogP) is 2.80. The monoisotopic (exact) mass is 393 g/mol. The molecule has 8 heteroatoms. The third-order valence-electron chi connectivity index (χ3n) is 4.21. The average molecular weight is 393 g/mol. The highest BCUT2D eigenvalue weighted by Crippen LogP contribution is 2.28. The molecule has 4 rings (SSSR count). The first-order valence-corrected chi connectivity index (χ1v) is 9.84. The Kier molecular flexibility index (Phi) is 5.50. The first-order valence-electron chi connectivity index (χ1n) is 8.85. The Balaban J connectivity index is 1.74. The molecule has 4 aromatic rings. The van der Waals surface area contributed by atoms with Crippen LogP contribution in [0.2, 0.25) is 0 Å². The van der Waals surface area contributed by atoms with Gasteiger partial charge in [-0.25, -0.2) is 4.98 Å². The van der Waals surface area contributed by atoms with Crippen LogP contribution in [0.5, 0.6) is 0 Å². The summed E-state index contributed by atoms with van der Waals surface area (Å²) < 4.78 is 6.87. The van der Waals surface area contributed by atoms with Crippen molar-refractivity contribution in [1.29, 1.82) is 0 Å². The van der Waals surface area contributed by atoms with Gasteiger partial charge in [0.15, 0.2) is 10.8 Å². The van der Waals surface area contributed by atoms with E-state index in [1.807, 2.05) is 59.0 Å². The number of carbonyl (C=O) groups excluding carboxylic acids is 1. The number of nitrogens with one attached hydrogen (secondary N) is 1. The van der Waals surface area contributed by atoms with Gasteiger partial charge in [-0.3, -0.25) is 9.20 Å². The van der Waals surface area contributed by atoms with Crippen molar-refractivity contribution in [2.45, 2.75) is 5.16 Å². The molecule has 7 nitrogen and oxygen atoms in total. The van der Waals surface area contributed by atoms with Crippen molar-refractivity contribution >= 4 is 34.2 Å². The molecule has 0 fully saturated rings. The summed E-state index contributed by atoms with van der Waals surface area (Å²) >= 11 is 1.34. The number of hydrogen-bond acceptors (Lipinski definition) is 6. The van der Waals surface area contributed by atoms with E-state index in [4.69, 9.17) is 9.72 Å². The normalized spacial score (nSPS) is 11.2. The molecule has 2 aromatic carbocycles. The second-order valence-corrected chi connectivity index (χ2v) is 7.03. The number of para-hydroxylation sites is 1. The van der Waals surface area contributed by atoms with E-state index in [9.17, 15) is 4.79 Å². The summed E-state index contributed by atoms with van der Waals surface area (Å²) in [6.07, 6.45) is 0. The van der Waals surface area contributed by atoms with Crippen molar-refractivity contribution in [1.82, 2.24) is 24.9 Å². The Hall–Kier alpha value is -2.97. The van der Waals surface area contributed by atoms with Crippen molar-refractivity contribution < 1.29 is 9.53 Å². The molecule has 0 aliphatic carbocycles. The quantitative estimate of drug-likeness (QED) is 0.384. The number of thioether (sulfide) groups is 1. The van der Waals surface area contributed by atoms with Gasteiger partial charge >= 0.3 is 0 Å². The van der Waals surface area contributed by atoms with E-state index in [0.29, 0.717) is 18.3 Å². The van der Waals surface area contributed by atoms with Crippen LogP contribution in [0.15, 0.2) is 59.8 Å². The summed E-state index contributed by atoms with van der Waals surface area (Å²) in [5.41, 5.74) is 2.55. The standard InChI is InChI=1S/C20H19N5O2S/c1-27-12-11-21-17(26)13-28-20-24-23-19-15-9-5-6-10-16(15)22-18(25(19)20)14-7-3-2-4-8-14/h2-10H,11-13H2,1H3,(H,21,26). The molecule has 0 atom stereocenters. The van der Waals surface area contributed by atoms with Gasteiger partial charge in [-0.2, -0.15) is 0 Å². The van der Waals surface area contributed by atoms with E-state index in [-0.39, 0.29) is 11.7 Å². The van der Waals surface area contributed by atoms with Gasteiger partial charge in [0.2, 0.25) is 5.91 Å². The molecule has 0 aliphatic heterocycles. The highest BCUT2D eigenvalue weighted by molar-refractivity contribution is 7.99. The van der Waals surface area contributed by atoms with Crippen LogP contribution in [0, 0.1) is 0 Å². The lowest BCUT2D eigenvalue weighted by molar-refractivity contribution is -0.118. The Bertz CT molecular complexity index is 1110. The summed E-state index contributed by atoms with van der Waals surface area (Å²) in [4.78, 5) is 16.9. The van der Waals surface area contributed by atoms with Crippen LogP contribution in [0.1, 0.15) is 0 Å². The third-order valence-corrected chi connectivity index (χ3v) is 5.14. The van der Waals surface area contributed by atoms with Gasteiger partial charge in [-0.15, -0.1) is 10.2 Å². The molecule has 0 unspecified atom stereocenters. The lowest BCUT2D eigenvalue weighted by atomic mass is 10.2. The minimum absolute atomic E-state index is 0.0752. The maximum absolute atomic E-state index is 12.1. The summed E-state index contributed by atoms with van der Waals surface area (Å²) in [5, 5.41) is 13.1. The van der Waals surface area contributed by atoms with Crippen LogP contribution < -0.4 is 5.32 Å². The third kappa shape index (κ3) is 3.69. The second kappa shape index (κ2) is 8.37. The van der Waals surface area contributed by atoms with Crippen LogP contribution in [0.25, 0.3) is 27.9 Å². The number of methoxy groups -OCH3 is 1. The average Bonchev–Trinajstić information content (AvgIpc) is 3.17. The van der Waals surface area contributed by atoms with E-state index in [1.54, 1.807) is 7.11 Å². The topological polar surface area (TPSA) is 81.4 Å². The molecule has 1 amide bonds. The number of fused-ring (bicyclic) bond motifs is 3. The molecular weight excluding hydrogens is 374 g/mol. The maximum Gasteiger partial charge on any atom is 0.230 e. The number of amides is 1. The molecule has 0 saturated carbocycles. The first kappa shape index (κ1) is 18.4. The molecule has 28 heavy (non-hydrogen) atoms. The van der Waals surface area contributed by atoms with Gasteiger partial charge in [0.05, 0.1) is 17.9 Å². The van der Waals surface area contributed by atoms with Crippen molar-refractivity contribution in [2.75, 3.05) is 26.0 Å². The highest BCUT2D eigenvalue weighted by Gasteiger charge is 2.17. The second-order valence-electron chi connectivity index (χ2n) is 6.09. The molecule has 0 spiro atoms. The maximum atomic E-state index is 12.1. The van der Waals surface area contributed by atoms with E-state index in [0.717, 1.165) is 27.9 Å². The Morgan fingerprint density at radius 2 is 1.89 bits per heavy atom. The largest absolute Gasteiger partial charge is 0.383 e. The SMILES string of the molecule is COCCNC(=O)CSc1nnc2c3ccccc3nc(-c3ccccc3)n12. The molecule has 2 heterocycles. The summed E-state index contributed by atoms with van der Waals surface area (Å²) in [6.45, 7) is 0.969. The summed E-state index contributed by atoms with van der Waals surface area (Å²) in [5.74, 6) is 0.918. The number of hydrogen-bond donors (Lipinski definition) is 1. The number of carbonyl (C=O) groups is 1. The van der Waals surface area contributed by atoms with E-state index >= 15 is 0 Å². The molecule has 0 saturated heterocycles. The van der Waals surface area contributed by atoms with Crippen LogP contribution in [-0.2, 0) is 9.53 Å². The summed E-state index contributed by atoms with van der Waals surface area (Å²) in [7, 11) is 1.60. The molecule has 0 radical (unpaired) electrons. The Labute approximate surface area is 166 Å². The van der Waals surface area contributed by atoms with Crippen molar-refractivity contribution in [3.63, 3.8) is 0 Å². The van der Waals surface area contributed by atoms with Gasteiger partial charge in [-0.05, 0) is 12.1 Å². The Morgan fingerprint density at radius 1 is 1.11 bits per heavy atom. The zero-order chi connectivity index (χ0) is 19.3. The highest BCUT2D eigenvalue weighted by atomic mass is 32.2. The van der Waals surface area contributed by atoms with Gasteiger partial charge in [0.25, 0.3) is 0 Å². The number of nitrogens with zero attached hydrogens (tertiary/aromatic N) is 4. The fourth-order valence-corrected chi connectivity index (χ4v) is 3.67. The lowest BCUT2D eigenvalue weighted by Gasteiger charge is -2.09. The number of rotatable bonds is 7. The molecule has 0 bridgehead atoms. The van der Waals surface area contributed by atoms with Crippen molar-refractivity contribution in [3.8, 4) is 11.4 Å². The van der Waals surface area contributed by atoms with Crippen molar-refractivity contribution in [3.05, 3.63) is 54.6 Å². The minimum atomic E-state index is -0.0752. The number of benzene rings is 2. The smallest absolute Gasteiger partial charge is 0.230 e. The van der Waals surface area contributed by atoms with Crippen LogP contribution in [-0.4, -0.2) is 51.5 Å². The predicted molar refractivity (Wildman–Crippen MR) is 109 cm³/mol. The zero-order valence-corrected chi connectivity index (χ0v) is 16.1. The van der Waals surface area contributed by atoms with E-state index in [1.165, 1.54) is 11.8 Å². The fraction of sp³-hybridized carbons (Fsp3) is 0.200. The van der Waals surface area contributed by atoms with Gasteiger partial charge in [-0.1, -0.05) is 54.2 Å². The van der Waals surface area contributed by atoms with Gasteiger partial charge < -0.3 is 10.1 Å². The molecule has 1 N–H and O–H groups in total. The molecular formula is C20H19N5O2S. The summed E-state index contributed by atoms with van der Waals surface area (Å²) in [6, 6.07) is 17.8. The van der Waals surface area contributed by atoms with Crippen LogP contribution in [0.4, 0.5) is 0 Å². The molecule has 2 aromatic heterocycles. The van der Waals surface area contributed by atoms with E-state index in [2.05, 4.69) is 15.5 Å². The number of aromatic nitrogens is 4. The minimum Gasteiger partial charge on any atom is -0.383 e. The fourth-order valence-electron chi connectivity index (χ4n) is 2.91. The van der Waals surface area contributed by atoms with Crippen LogP contribution >= 0.6 is 11.8 Å². The Morgan fingerprint density at radius 3 is 2.71 bits per heavy atom. The zero-order valence-electron chi connectivity index (χ0n) is 15.3. The van der Waals surface area contributed by atoms with Crippen LogP contribution in [0.3, 0.4) is 0 Å². The van der Waals surface area contributed by atoms with Gasteiger partial charge in [0.1, 0.15) is 5.82 Å². The van der Waals surface area contributed by atoms with Crippen molar-refractivity contribution in [2.24, 2.45) is 0 Å². The first-order chi connectivity index (χ1) is 13.8. The molecule has 142 valence electrons. The molecule has 0 aliphatic rings. The van der Waals surface area contributed by atoms with E-state index < -0.39 is 0 Å². The lowest BCUT2D eigenvalue weighted by Crippen LogP contribution is -2.28. The number of ether oxygens (including phenoxy) is 1. The van der Waals surface area contributed by atoms with Gasteiger partial charge in [0, 0.05) is 24.6 Å².